The molecule has 1 aromatic carbocycles. The number of rotatable bonds is 3. The molecular weight excluding hydrogens is 324 g/mol. The van der Waals surface area contributed by atoms with E-state index in [0.717, 1.165) is 41.7 Å². The first-order valence-electron chi connectivity index (χ1n) is 6.35. The monoisotopic (exact) mass is 342 g/mol. The van der Waals surface area contributed by atoms with Crippen LogP contribution < -0.4 is 10.6 Å². The predicted molar refractivity (Wildman–Crippen MR) is 86.9 cm³/mol. The van der Waals surface area contributed by atoms with Gasteiger partial charge in [0, 0.05) is 35.9 Å². The highest BCUT2D eigenvalue weighted by molar-refractivity contribution is 9.10. The number of anilines is 1. The average Bonchev–Trinajstić information content (AvgIpc) is 2.38. The van der Waals surface area contributed by atoms with Crippen LogP contribution in [0.1, 0.15) is 25.3 Å². The van der Waals surface area contributed by atoms with Crippen LogP contribution in [0.25, 0.3) is 0 Å². The van der Waals surface area contributed by atoms with Crippen LogP contribution in [0.2, 0.25) is 0 Å². The molecule has 5 heteroatoms. The molecule has 1 aliphatic heterocycles. The second-order valence-electron chi connectivity index (χ2n) is 5.18. The molecule has 3 nitrogen and oxygen atoms in total. The van der Waals surface area contributed by atoms with Crippen molar-refractivity contribution in [2.24, 2.45) is 5.73 Å². The lowest BCUT2D eigenvalue weighted by atomic mass is 9.94. The molecule has 1 unspecified atom stereocenters. The van der Waals surface area contributed by atoms with Gasteiger partial charge in [-0.05, 0) is 47.8 Å². The molecule has 0 radical (unpaired) electrons. The number of nitrogens with zero attached hydrogens (tertiary/aromatic N) is 1. The third-order valence-corrected chi connectivity index (χ3v) is 4.60. The van der Waals surface area contributed by atoms with E-state index in [1.54, 1.807) is 7.11 Å². The molecule has 2 rings (SSSR count). The summed E-state index contributed by atoms with van der Waals surface area (Å²) in [6.07, 6.45) is 2.18. The Bertz CT molecular complexity index is 494. The molecule has 2 N–H and O–H groups in total. The van der Waals surface area contributed by atoms with Gasteiger partial charge in [0.25, 0.3) is 0 Å². The Balaban J connectivity index is 2.37. The summed E-state index contributed by atoms with van der Waals surface area (Å²) in [5.41, 5.74) is 7.77. The van der Waals surface area contributed by atoms with Gasteiger partial charge in [-0.15, -0.1) is 0 Å². The maximum Gasteiger partial charge on any atom is 0.107 e. The quantitative estimate of drug-likeness (QED) is 0.856. The highest BCUT2D eigenvalue weighted by Crippen LogP contribution is 2.33. The van der Waals surface area contributed by atoms with Gasteiger partial charge in [-0.3, -0.25) is 0 Å². The molecular formula is C14H19BrN2OS. The number of piperidine rings is 1. The number of thiocarbonyl (C=S) groups is 1. The van der Waals surface area contributed by atoms with Crippen LogP contribution in [0.15, 0.2) is 22.7 Å². The second-order valence-corrected chi connectivity index (χ2v) is 6.47. The van der Waals surface area contributed by atoms with Crippen LogP contribution in [-0.2, 0) is 4.74 Å². The zero-order chi connectivity index (χ0) is 14.0. The summed E-state index contributed by atoms with van der Waals surface area (Å²) in [5, 5.41) is 0. The van der Waals surface area contributed by atoms with Crippen LogP contribution >= 0.6 is 28.1 Å². The maximum atomic E-state index is 5.87. The largest absolute Gasteiger partial charge is 0.389 e. The van der Waals surface area contributed by atoms with E-state index in [2.05, 4.69) is 33.8 Å². The third kappa shape index (κ3) is 3.09. The van der Waals surface area contributed by atoms with Crippen molar-refractivity contribution in [1.82, 2.24) is 0 Å². The molecule has 0 spiro atoms. The van der Waals surface area contributed by atoms with Crippen LogP contribution in [0.4, 0.5) is 5.69 Å². The van der Waals surface area contributed by atoms with Crippen molar-refractivity contribution in [1.29, 1.82) is 0 Å². The Kier molecular flexibility index (Phi) is 4.48. The van der Waals surface area contributed by atoms with Crippen LogP contribution in [0.5, 0.6) is 0 Å². The summed E-state index contributed by atoms with van der Waals surface area (Å²) in [6, 6.07) is 6.05. The van der Waals surface area contributed by atoms with E-state index in [1.807, 2.05) is 12.1 Å². The molecule has 1 atom stereocenters. The first-order valence-corrected chi connectivity index (χ1v) is 7.55. The molecule has 1 heterocycles. The van der Waals surface area contributed by atoms with Gasteiger partial charge >= 0.3 is 0 Å². The summed E-state index contributed by atoms with van der Waals surface area (Å²) in [5.74, 6) is 0. The van der Waals surface area contributed by atoms with Crippen molar-refractivity contribution >= 4 is 38.8 Å². The fourth-order valence-electron chi connectivity index (χ4n) is 2.60. The molecule has 0 saturated carbocycles. The molecule has 0 aromatic heterocycles. The van der Waals surface area contributed by atoms with Crippen LogP contribution in [0, 0.1) is 0 Å². The van der Waals surface area contributed by atoms with Crippen molar-refractivity contribution in [2.45, 2.75) is 25.4 Å². The van der Waals surface area contributed by atoms with Gasteiger partial charge in [0.1, 0.15) is 4.99 Å². The van der Waals surface area contributed by atoms with E-state index in [1.165, 1.54) is 0 Å². The Morgan fingerprint density at radius 3 is 2.89 bits per heavy atom. The minimum absolute atomic E-state index is 0.103. The third-order valence-electron chi connectivity index (χ3n) is 3.73. The number of ether oxygens (including phenoxy) is 1. The summed E-state index contributed by atoms with van der Waals surface area (Å²) >= 11 is 8.72. The van der Waals surface area contributed by atoms with Gasteiger partial charge in [-0.1, -0.05) is 18.3 Å². The van der Waals surface area contributed by atoms with Gasteiger partial charge in [-0.2, -0.15) is 0 Å². The molecule has 19 heavy (non-hydrogen) atoms. The molecule has 0 amide bonds. The lowest BCUT2D eigenvalue weighted by Crippen LogP contribution is -2.48. The second kappa shape index (κ2) is 5.77. The van der Waals surface area contributed by atoms with E-state index in [-0.39, 0.29) is 5.60 Å². The number of benzene rings is 1. The molecule has 1 aliphatic rings. The van der Waals surface area contributed by atoms with E-state index in [9.17, 15) is 0 Å². The number of hydrogen-bond acceptors (Lipinski definition) is 3. The SMILES string of the molecule is COC1(C)CCCN(c2cccc(Br)c2C(N)=S)C1. The van der Waals surface area contributed by atoms with Gasteiger partial charge in [0.05, 0.1) is 5.60 Å². The molecule has 1 aromatic rings. The molecule has 0 bridgehead atoms. The van der Waals surface area contributed by atoms with Crippen molar-refractivity contribution in [2.75, 3.05) is 25.1 Å². The van der Waals surface area contributed by atoms with Gasteiger partial charge < -0.3 is 15.4 Å². The number of halogens is 1. The minimum atomic E-state index is -0.103. The fraction of sp³-hybridized carbons (Fsp3) is 0.500. The lowest BCUT2D eigenvalue weighted by Gasteiger charge is -2.41. The zero-order valence-corrected chi connectivity index (χ0v) is 13.7. The normalized spacial score (nSPS) is 23.4. The van der Waals surface area contributed by atoms with Crippen LogP contribution in [0.3, 0.4) is 0 Å². The zero-order valence-electron chi connectivity index (χ0n) is 11.3. The van der Waals surface area contributed by atoms with E-state index >= 15 is 0 Å². The van der Waals surface area contributed by atoms with E-state index < -0.39 is 0 Å². The molecule has 1 fully saturated rings. The molecule has 0 aliphatic carbocycles. The number of methoxy groups -OCH3 is 1. The highest BCUT2D eigenvalue weighted by Gasteiger charge is 2.32. The first kappa shape index (κ1) is 14.8. The van der Waals surface area contributed by atoms with Gasteiger partial charge in [0.15, 0.2) is 0 Å². The minimum Gasteiger partial charge on any atom is -0.389 e. The topological polar surface area (TPSA) is 38.5 Å². The number of hydrogen-bond donors (Lipinski definition) is 1. The van der Waals surface area contributed by atoms with E-state index in [0.29, 0.717) is 4.99 Å². The maximum absolute atomic E-state index is 5.87. The Morgan fingerprint density at radius 1 is 1.53 bits per heavy atom. The average molecular weight is 343 g/mol. The van der Waals surface area contributed by atoms with Gasteiger partial charge in [-0.25, -0.2) is 0 Å². The Hall–Kier alpha value is -0.650. The standard InChI is InChI=1S/C14H19BrN2OS/c1-14(18-2)7-4-8-17(9-14)11-6-3-5-10(15)12(11)13(16)19/h3,5-6H,4,7-9H2,1-2H3,(H2,16,19). The fourth-order valence-corrected chi connectivity index (χ4v) is 3.51. The van der Waals surface area contributed by atoms with Crippen molar-refractivity contribution in [3.8, 4) is 0 Å². The summed E-state index contributed by atoms with van der Waals surface area (Å²) in [7, 11) is 1.78. The molecule has 104 valence electrons. The molecule has 1 saturated heterocycles. The van der Waals surface area contributed by atoms with Crippen molar-refractivity contribution < 1.29 is 4.74 Å². The Morgan fingerprint density at radius 2 is 2.26 bits per heavy atom. The lowest BCUT2D eigenvalue weighted by molar-refractivity contribution is -0.00466. The smallest absolute Gasteiger partial charge is 0.107 e. The number of nitrogens with two attached hydrogens (primary N) is 1. The predicted octanol–water partition coefficient (Wildman–Crippen LogP) is 3.09. The van der Waals surface area contributed by atoms with Crippen molar-refractivity contribution in [3.05, 3.63) is 28.2 Å². The summed E-state index contributed by atoms with van der Waals surface area (Å²) in [4.78, 5) is 2.74. The van der Waals surface area contributed by atoms with E-state index in [4.69, 9.17) is 22.7 Å². The van der Waals surface area contributed by atoms with Crippen molar-refractivity contribution in [3.63, 3.8) is 0 Å². The summed E-state index contributed by atoms with van der Waals surface area (Å²) in [6.45, 7) is 4.01. The van der Waals surface area contributed by atoms with Crippen LogP contribution in [-0.4, -0.2) is 30.8 Å². The summed E-state index contributed by atoms with van der Waals surface area (Å²) < 4.78 is 6.59. The Labute approximate surface area is 128 Å². The highest BCUT2D eigenvalue weighted by atomic mass is 79.9. The van der Waals surface area contributed by atoms with Gasteiger partial charge in [0.2, 0.25) is 0 Å². The first-order chi connectivity index (χ1) is 8.97.